The molecule has 0 aromatic carbocycles. The van der Waals surface area contributed by atoms with Crippen LogP contribution in [0.2, 0.25) is 0 Å². The van der Waals surface area contributed by atoms with Crippen molar-refractivity contribution >= 4 is 0 Å². The van der Waals surface area contributed by atoms with E-state index in [1.165, 1.54) is 18.7 Å². The minimum Gasteiger partial charge on any atom is -0.306 e. The number of aromatic nitrogens is 1. The van der Waals surface area contributed by atoms with Gasteiger partial charge in [-0.05, 0) is 58.2 Å². The van der Waals surface area contributed by atoms with E-state index in [2.05, 4.69) is 63.2 Å². The highest BCUT2D eigenvalue weighted by Crippen LogP contribution is 2.38. The lowest BCUT2D eigenvalue weighted by molar-refractivity contribution is 0.303. The zero-order valence-corrected chi connectivity index (χ0v) is 13.6. The van der Waals surface area contributed by atoms with Crippen molar-refractivity contribution in [3.63, 3.8) is 0 Å². The molecule has 2 unspecified atom stereocenters. The van der Waals surface area contributed by atoms with Crippen LogP contribution in [0.4, 0.5) is 0 Å². The Labute approximate surface area is 123 Å². The molecule has 0 bridgehead atoms. The standard InChI is InChI=1S/C17H29N3/c1-13-9-14(13)11-20(5)12-16-8-6-7-15(19-16)10-18-17(2,3)4/h6-8,13-14,18H,9-12H2,1-5H3. The van der Waals surface area contributed by atoms with Gasteiger partial charge in [-0.15, -0.1) is 0 Å². The monoisotopic (exact) mass is 275 g/mol. The molecule has 1 aromatic heterocycles. The molecule has 1 saturated carbocycles. The summed E-state index contributed by atoms with van der Waals surface area (Å²) in [4.78, 5) is 7.16. The van der Waals surface area contributed by atoms with E-state index in [0.717, 1.165) is 30.6 Å². The van der Waals surface area contributed by atoms with E-state index in [1.54, 1.807) is 0 Å². The van der Waals surface area contributed by atoms with Gasteiger partial charge in [0, 0.05) is 25.2 Å². The molecule has 1 aliphatic carbocycles. The van der Waals surface area contributed by atoms with Gasteiger partial charge in [0.05, 0.1) is 11.4 Å². The summed E-state index contributed by atoms with van der Waals surface area (Å²) >= 11 is 0. The van der Waals surface area contributed by atoms with E-state index in [0.29, 0.717) is 0 Å². The van der Waals surface area contributed by atoms with Gasteiger partial charge in [0.15, 0.2) is 0 Å². The topological polar surface area (TPSA) is 28.2 Å². The summed E-state index contributed by atoms with van der Waals surface area (Å²) in [5.41, 5.74) is 2.44. The Kier molecular flexibility index (Phi) is 4.82. The minimum atomic E-state index is 0.136. The van der Waals surface area contributed by atoms with Crippen molar-refractivity contribution < 1.29 is 0 Å². The third-order valence-corrected chi connectivity index (χ3v) is 3.92. The van der Waals surface area contributed by atoms with Crippen LogP contribution in [0.5, 0.6) is 0 Å². The second-order valence-electron chi connectivity index (χ2n) is 7.39. The molecule has 2 atom stereocenters. The molecule has 0 spiro atoms. The number of nitrogens with one attached hydrogen (secondary N) is 1. The van der Waals surface area contributed by atoms with E-state index in [-0.39, 0.29) is 5.54 Å². The summed E-state index contributed by atoms with van der Waals surface area (Å²) in [6.45, 7) is 11.9. The van der Waals surface area contributed by atoms with Crippen LogP contribution in [-0.4, -0.2) is 29.0 Å². The van der Waals surface area contributed by atoms with Gasteiger partial charge in [-0.3, -0.25) is 4.98 Å². The second-order valence-corrected chi connectivity index (χ2v) is 7.39. The maximum atomic E-state index is 4.76. The van der Waals surface area contributed by atoms with Gasteiger partial charge in [0.2, 0.25) is 0 Å². The summed E-state index contributed by atoms with van der Waals surface area (Å²) < 4.78 is 0. The highest BCUT2D eigenvalue weighted by molar-refractivity contribution is 5.11. The summed E-state index contributed by atoms with van der Waals surface area (Å²) in [7, 11) is 2.20. The Bertz CT molecular complexity index is 436. The van der Waals surface area contributed by atoms with Gasteiger partial charge in [0.1, 0.15) is 0 Å². The van der Waals surface area contributed by atoms with E-state index in [1.807, 2.05) is 0 Å². The van der Waals surface area contributed by atoms with Crippen molar-refractivity contribution in [3.8, 4) is 0 Å². The third kappa shape index (κ3) is 5.22. The quantitative estimate of drug-likeness (QED) is 0.865. The third-order valence-electron chi connectivity index (χ3n) is 3.92. The fourth-order valence-electron chi connectivity index (χ4n) is 2.47. The van der Waals surface area contributed by atoms with Crippen LogP contribution in [0.15, 0.2) is 18.2 Å². The van der Waals surface area contributed by atoms with E-state index in [4.69, 9.17) is 4.98 Å². The van der Waals surface area contributed by atoms with Gasteiger partial charge in [-0.2, -0.15) is 0 Å². The Morgan fingerprint density at radius 1 is 1.30 bits per heavy atom. The molecule has 0 saturated heterocycles. The zero-order chi connectivity index (χ0) is 14.8. The lowest BCUT2D eigenvalue weighted by Crippen LogP contribution is -2.35. The largest absolute Gasteiger partial charge is 0.306 e. The van der Waals surface area contributed by atoms with E-state index < -0.39 is 0 Å². The van der Waals surface area contributed by atoms with Crippen LogP contribution in [0, 0.1) is 11.8 Å². The predicted octanol–water partition coefficient (Wildman–Crippen LogP) is 3.06. The van der Waals surface area contributed by atoms with Crippen LogP contribution in [0.25, 0.3) is 0 Å². The number of hydrogen-bond donors (Lipinski definition) is 1. The molecule has 1 N–H and O–H groups in total. The van der Waals surface area contributed by atoms with Crippen LogP contribution in [0.1, 0.15) is 45.5 Å². The summed E-state index contributed by atoms with van der Waals surface area (Å²) in [6, 6.07) is 6.36. The molecule has 1 aromatic rings. The van der Waals surface area contributed by atoms with Gasteiger partial charge >= 0.3 is 0 Å². The first kappa shape index (κ1) is 15.5. The summed E-state index contributed by atoms with van der Waals surface area (Å²) in [5, 5.41) is 3.49. The maximum absolute atomic E-state index is 4.76. The van der Waals surface area contributed by atoms with Gasteiger partial charge < -0.3 is 10.2 Å². The van der Waals surface area contributed by atoms with E-state index in [9.17, 15) is 0 Å². The highest BCUT2D eigenvalue weighted by atomic mass is 15.1. The van der Waals surface area contributed by atoms with Crippen molar-refractivity contribution in [2.24, 2.45) is 11.8 Å². The number of rotatable bonds is 6. The van der Waals surface area contributed by atoms with Crippen LogP contribution >= 0.6 is 0 Å². The fourth-order valence-corrected chi connectivity index (χ4v) is 2.47. The second kappa shape index (κ2) is 6.23. The van der Waals surface area contributed by atoms with Crippen molar-refractivity contribution in [1.29, 1.82) is 0 Å². The number of hydrogen-bond acceptors (Lipinski definition) is 3. The van der Waals surface area contributed by atoms with Gasteiger partial charge in [-0.25, -0.2) is 0 Å². The molecule has 1 fully saturated rings. The van der Waals surface area contributed by atoms with Crippen LogP contribution < -0.4 is 5.32 Å². The molecule has 0 aliphatic heterocycles. The average Bonchev–Trinajstić information content (AvgIpc) is 3.01. The molecule has 3 nitrogen and oxygen atoms in total. The fraction of sp³-hybridized carbons (Fsp3) is 0.706. The number of nitrogens with zero attached hydrogens (tertiary/aromatic N) is 2. The molecule has 3 heteroatoms. The zero-order valence-electron chi connectivity index (χ0n) is 13.6. The molecule has 1 aliphatic rings. The Hall–Kier alpha value is -0.930. The SMILES string of the molecule is CC1CC1CN(C)Cc1cccc(CNC(C)(C)C)n1. The Morgan fingerprint density at radius 2 is 1.95 bits per heavy atom. The van der Waals surface area contributed by atoms with Crippen molar-refractivity contribution in [2.45, 2.75) is 52.7 Å². The molecular weight excluding hydrogens is 246 g/mol. The predicted molar refractivity (Wildman–Crippen MR) is 84.4 cm³/mol. The first-order valence-electron chi connectivity index (χ1n) is 7.72. The summed E-state index contributed by atoms with van der Waals surface area (Å²) in [6.07, 6.45) is 1.40. The smallest absolute Gasteiger partial charge is 0.0547 e. The molecule has 112 valence electrons. The van der Waals surface area contributed by atoms with E-state index >= 15 is 0 Å². The van der Waals surface area contributed by atoms with Crippen molar-refractivity contribution in [1.82, 2.24) is 15.2 Å². The molecule has 2 rings (SSSR count). The lowest BCUT2D eigenvalue weighted by Gasteiger charge is -2.21. The van der Waals surface area contributed by atoms with Crippen molar-refractivity contribution in [2.75, 3.05) is 13.6 Å². The maximum Gasteiger partial charge on any atom is 0.0547 e. The van der Waals surface area contributed by atoms with Gasteiger partial charge in [-0.1, -0.05) is 13.0 Å². The number of pyridine rings is 1. The normalized spacial score (nSPS) is 22.3. The minimum absolute atomic E-state index is 0.136. The van der Waals surface area contributed by atoms with Crippen LogP contribution in [-0.2, 0) is 13.1 Å². The Balaban J connectivity index is 1.85. The molecule has 20 heavy (non-hydrogen) atoms. The highest BCUT2D eigenvalue weighted by Gasteiger charge is 2.33. The first-order valence-corrected chi connectivity index (χ1v) is 7.72. The molecule has 0 radical (unpaired) electrons. The molecule has 0 amide bonds. The van der Waals surface area contributed by atoms with Crippen molar-refractivity contribution in [3.05, 3.63) is 29.6 Å². The first-order chi connectivity index (χ1) is 9.33. The lowest BCUT2D eigenvalue weighted by atomic mass is 10.1. The van der Waals surface area contributed by atoms with Gasteiger partial charge in [0.25, 0.3) is 0 Å². The van der Waals surface area contributed by atoms with Crippen LogP contribution in [0.3, 0.4) is 0 Å². The Morgan fingerprint density at radius 3 is 2.55 bits per heavy atom. The molecule has 1 heterocycles. The average molecular weight is 275 g/mol. The molecular formula is C17H29N3. The summed E-state index contributed by atoms with van der Waals surface area (Å²) in [5.74, 6) is 1.83.